The van der Waals surface area contributed by atoms with Crippen LogP contribution < -0.4 is 0 Å². The van der Waals surface area contributed by atoms with Crippen LogP contribution in [0.5, 0.6) is 0 Å². The largest absolute Gasteiger partial charge is 0.254 e. The van der Waals surface area contributed by atoms with E-state index >= 15 is 0 Å². The van der Waals surface area contributed by atoms with Gasteiger partial charge in [0.15, 0.2) is 0 Å². The number of benzene rings is 4. The number of para-hydroxylation sites is 1. The number of aliphatic imine (C=N–C) groups is 1. The van der Waals surface area contributed by atoms with E-state index in [0.717, 1.165) is 43.5 Å². The Morgan fingerprint density at radius 3 is 1.94 bits per heavy atom. The third kappa shape index (κ3) is 5.97. The molecule has 0 aromatic heterocycles. The Hall–Kier alpha value is -4.23. The van der Waals surface area contributed by atoms with Crippen LogP contribution in [0.2, 0.25) is 0 Å². The average Bonchev–Trinajstić information content (AvgIpc) is 3.56. The number of hydrogen-bond acceptors (Lipinski definition) is 1. The van der Waals surface area contributed by atoms with Crippen LogP contribution in [0.25, 0.3) is 16.7 Å². The second-order valence-electron chi connectivity index (χ2n) is 15.9. The van der Waals surface area contributed by atoms with Crippen LogP contribution >= 0.6 is 0 Å². The van der Waals surface area contributed by atoms with Gasteiger partial charge in [-0.2, -0.15) is 0 Å². The highest BCUT2D eigenvalue weighted by Crippen LogP contribution is 2.88. The van der Waals surface area contributed by atoms with Gasteiger partial charge in [-0.3, -0.25) is 4.99 Å². The van der Waals surface area contributed by atoms with Gasteiger partial charge < -0.3 is 0 Å². The highest BCUT2D eigenvalue weighted by molar-refractivity contribution is 6.00. The fraction of sp³-hybridized carbons (Fsp3) is 0.367. The maximum absolute atomic E-state index is 4.99. The minimum Gasteiger partial charge on any atom is -0.254 e. The Labute approximate surface area is 303 Å². The van der Waals surface area contributed by atoms with Gasteiger partial charge in [0.25, 0.3) is 0 Å². The molecule has 0 radical (unpaired) electrons. The van der Waals surface area contributed by atoms with Crippen molar-refractivity contribution in [2.75, 3.05) is 0 Å². The van der Waals surface area contributed by atoms with E-state index in [1.807, 2.05) is 0 Å². The van der Waals surface area contributed by atoms with E-state index < -0.39 is 0 Å². The van der Waals surface area contributed by atoms with E-state index in [0.29, 0.717) is 0 Å². The van der Waals surface area contributed by atoms with Gasteiger partial charge in [0, 0.05) is 11.1 Å². The van der Waals surface area contributed by atoms with Crippen molar-refractivity contribution < 1.29 is 0 Å². The van der Waals surface area contributed by atoms with Crippen LogP contribution in [0.4, 0.5) is 5.69 Å². The van der Waals surface area contributed by atoms with Crippen LogP contribution in [-0.4, -0.2) is 5.71 Å². The minimum atomic E-state index is 0.0510. The van der Waals surface area contributed by atoms with Gasteiger partial charge in [-0.1, -0.05) is 111 Å². The summed E-state index contributed by atoms with van der Waals surface area (Å²) >= 11 is 0. The van der Waals surface area contributed by atoms with Gasteiger partial charge in [0.05, 0.1) is 5.69 Å². The van der Waals surface area contributed by atoms with Crippen LogP contribution in [0, 0.1) is 50.9 Å². The molecule has 4 aromatic rings. The molecule has 1 nitrogen and oxygen atoms in total. The monoisotopic (exact) mass is 659 g/mol. The molecular formula is C49H57N. The summed E-state index contributed by atoms with van der Waals surface area (Å²) in [7, 11) is 0. The summed E-state index contributed by atoms with van der Waals surface area (Å²) in [4.78, 5) is 4.99. The van der Waals surface area contributed by atoms with Gasteiger partial charge in [-0.15, -0.1) is 0 Å². The van der Waals surface area contributed by atoms with Gasteiger partial charge in [-0.25, -0.2) is 0 Å². The summed E-state index contributed by atoms with van der Waals surface area (Å²) in [6, 6.07) is 33.0. The lowest BCUT2D eigenvalue weighted by atomic mass is 9.72. The molecule has 258 valence electrons. The van der Waals surface area contributed by atoms with E-state index in [1.165, 1.54) is 61.2 Å². The summed E-state index contributed by atoms with van der Waals surface area (Å²) in [5, 5.41) is 0. The first-order chi connectivity index (χ1) is 23.9. The first kappa shape index (κ1) is 35.6. The quantitative estimate of drug-likeness (QED) is 0.159. The lowest BCUT2D eigenvalue weighted by Crippen LogP contribution is -2.18. The van der Waals surface area contributed by atoms with Crippen LogP contribution in [0.3, 0.4) is 0 Å². The van der Waals surface area contributed by atoms with E-state index in [4.69, 9.17) is 4.99 Å². The Balaban J connectivity index is 1.48. The van der Waals surface area contributed by atoms with Gasteiger partial charge in [0.1, 0.15) is 0 Å². The van der Waals surface area contributed by atoms with Gasteiger partial charge in [0.2, 0.25) is 0 Å². The molecule has 6 rings (SSSR count). The lowest BCUT2D eigenvalue weighted by Gasteiger charge is -2.31. The predicted octanol–water partition coefficient (Wildman–Crippen LogP) is 14.0. The maximum Gasteiger partial charge on any atom is 0.0632 e. The topological polar surface area (TPSA) is 12.4 Å². The fourth-order valence-electron chi connectivity index (χ4n) is 10.7. The molecule has 1 heteroatoms. The Kier molecular flexibility index (Phi) is 9.84. The summed E-state index contributed by atoms with van der Waals surface area (Å²) in [6.07, 6.45) is 10.5. The van der Waals surface area contributed by atoms with Crippen LogP contribution in [0.1, 0.15) is 111 Å². The molecule has 0 aliphatic heterocycles. The predicted molar refractivity (Wildman–Crippen MR) is 218 cm³/mol. The molecule has 2 atom stereocenters. The molecule has 0 heterocycles. The first-order valence-corrected chi connectivity index (χ1v) is 18.8. The van der Waals surface area contributed by atoms with Crippen LogP contribution in [0.15, 0.2) is 114 Å². The SMILES string of the molecule is CCC1(CC/C(=C\C(C)=N\c2ccccc2)c2ccccc2)C(C)(C)[C@@]12CCC(c1c(C)cc(C)cc1C)=CC(C)=C2c1c(C)cccc1C. The minimum absolute atomic E-state index is 0.0510. The third-order valence-electron chi connectivity index (χ3n) is 12.7. The molecular weight excluding hydrogens is 603 g/mol. The van der Waals surface area contributed by atoms with Crippen molar-refractivity contribution >= 4 is 28.1 Å². The summed E-state index contributed by atoms with van der Waals surface area (Å²) in [6.45, 7) is 23.7. The second-order valence-corrected chi connectivity index (χ2v) is 15.9. The molecule has 1 saturated carbocycles. The maximum atomic E-state index is 4.99. The normalized spacial score (nSPS) is 22.1. The number of hydrogen-bond donors (Lipinski definition) is 0. The highest BCUT2D eigenvalue weighted by Gasteiger charge is 2.81. The molecule has 2 aliphatic rings. The zero-order chi connectivity index (χ0) is 35.8. The molecule has 0 saturated heterocycles. The third-order valence-corrected chi connectivity index (χ3v) is 12.7. The lowest BCUT2D eigenvalue weighted by molar-refractivity contribution is 0.330. The van der Waals surface area contributed by atoms with Crippen molar-refractivity contribution in [2.45, 2.75) is 101 Å². The smallest absolute Gasteiger partial charge is 0.0632 e. The first-order valence-electron chi connectivity index (χ1n) is 18.8. The van der Waals surface area contributed by atoms with Crippen LogP contribution in [-0.2, 0) is 0 Å². The molecule has 1 unspecified atom stereocenters. The standard InChI is InChI=1S/C49H57N/c1-11-48(27-25-41(40-21-14-12-15-22-40)32-39(8)50-43-23-16-13-17-24-43)47(9,10)49(48)28-26-42(44-36(5)29-33(2)30-37(44)6)31-38(7)46(49)45-34(3)19-18-20-35(45)4/h12-24,29-32H,11,25-28H2,1-10H3/b41-32+,50-39+/t48?,49-/m0/s1. The average molecular weight is 660 g/mol. The highest BCUT2D eigenvalue weighted by atomic mass is 14.8. The summed E-state index contributed by atoms with van der Waals surface area (Å²) < 4.78 is 0. The number of rotatable bonds is 9. The van der Waals surface area contributed by atoms with Gasteiger partial charge in [-0.05, 0) is 171 Å². The van der Waals surface area contributed by atoms with E-state index in [1.54, 1.807) is 5.57 Å². The zero-order valence-corrected chi connectivity index (χ0v) is 32.3. The number of aryl methyl sites for hydroxylation is 5. The summed E-state index contributed by atoms with van der Waals surface area (Å²) in [5.41, 5.74) is 19.4. The molecule has 2 aliphatic carbocycles. The molecule has 0 N–H and O–H groups in total. The Morgan fingerprint density at radius 1 is 0.740 bits per heavy atom. The summed E-state index contributed by atoms with van der Waals surface area (Å²) in [5.74, 6) is 0. The molecule has 0 amide bonds. The van der Waals surface area contributed by atoms with Gasteiger partial charge >= 0.3 is 0 Å². The van der Waals surface area contributed by atoms with E-state index in [9.17, 15) is 0 Å². The second kappa shape index (κ2) is 13.8. The van der Waals surface area contributed by atoms with Crippen molar-refractivity contribution in [1.29, 1.82) is 0 Å². The molecule has 50 heavy (non-hydrogen) atoms. The number of allylic oxidation sites excluding steroid dienone is 6. The molecule has 0 bridgehead atoms. The van der Waals surface area contributed by atoms with Crippen molar-refractivity contribution in [2.24, 2.45) is 21.2 Å². The van der Waals surface area contributed by atoms with Crippen molar-refractivity contribution in [1.82, 2.24) is 0 Å². The zero-order valence-electron chi connectivity index (χ0n) is 32.3. The van der Waals surface area contributed by atoms with Crippen molar-refractivity contribution in [3.05, 3.63) is 153 Å². The van der Waals surface area contributed by atoms with E-state index in [-0.39, 0.29) is 16.2 Å². The Bertz CT molecular complexity index is 1970. The van der Waals surface area contributed by atoms with E-state index in [2.05, 4.69) is 172 Å². The molecule has 1 spiro atoms. The Morgan fingerprint density at radius 2 is 1.34 bits per heavy atom. The number of nitrogens with zero attached hydrogens (tertiary/aromatic N) is 1. The van der Waals surface area contributed by atoms with Crippen molar-refractivity contribution in [3.63, 3.8) is 0 Å². The molecule has 1 fully saturated rings. The fourth-order valence-corrected chi connectivity index (χ4v) is 10.7. The molecule has 4 aromatic carbocycles. The van der Waals surface area contributed by atoms with Crippen molar-refractivity contribution in [3.8, 4) is 0 Å².